The number of rotatable bonds is 4. The normalized spacial score (nSPS) is 12.7. The highest BCUT2D eigenvalue weighted by molar-refractivity contribution is 7.80. The number of benzene rings is 2. The van der Waals surface area contributed by atoms with Gasteiger partial charge < -0.3 is 36.5 Å². The monoisotopic (exact) mass is 577 g/mol. The first kappa shape index (κ1) is 35.6. The van der Waals surface area contributed by atoms with E-state index in [9.17, 15) is 28.2 Å². The van der Waals surface area contributed by atoms with Crippen LogP contribution in [0.1, 0.15) is 30.9 Å². The number of alkyl halides is 3. The topological polar surface area (TPSA) is 205 Å². The van der Waals surface area contributed by atoms with Crippen molar-refractivity contribution >= 4 is 35.9 Å². The highest BCUT2D eigenvalue weighted by Crippen LogP contribution is 2.33. The van der Waals surface area contributed by atoms with Crippen LogP contribution < -0.4 is 15.5 Å². The summed E-state index contributed by atoms with van der Waals surface area (Å²) in [5.74, 6) is -3.74. The summed E-state index contributed by atoms with van der Waals surface area (Å²) in [6.07, 6.45) is -4.68. The number of aromatic hydroxyl groups is 2. The SMILES string of the molecule is C1COCCN1.CC(C)c1cc(C(=N)N(C(=N)C(=O)NCC(F)(F)F)c2ccc(S)cc2)c(O)cc1O.O.O. The second-order valence-corrected chi connectivity index (χ2v) is 8.81. The van der Waals surface area contributed by atoms with Crippen LogP contribution in [0.15, 0.2) is 41.3 Å². The Bertz CT molecular complexity index is 1100. The first-order chi connectivity index (χ1) is 17.3. The lowest BCUT2D eigenvalue weighted by atomic mass is 9.98. The zero-order valence-corrected chi connectivity index (χ0v) is 22.2. The van der Waals surface area contributed by atoms with Gasteiger partial charge in [-0.25, -0.2) is 0 Å². The van der Waals surface area contributed by atoms with Gasteiger partial charge in [-0.3, -0.25) is 20.5 Å². The number of hydrogen-bond donors (Lipinski definition) is 7. The number of carbonyl (C=O) groups is 1. The number of ether oxygens (including phenoxy) is 1. The quantitative estimate of drug-likeness (QED) is 0.164. The van der Waals surface area contributed by atoms with Gasteiger partial charge in [0, 0.05) is 29.7 Å². The number of nitrogens with one attached hydrogen (secondary N) is 4. The third-order valence-corrected chi connectivity index (χ3v) is 5.39. The van der Waals surface area contributed by atoms with Gasteiger partial charge in [0.2, 0.25) is 0 Å². The summed E-state index contributed by atoms with van der Waals surface area (Å²) >= 11 is 4.14. The van der Waals surface area contributed by atoms with Gasteiger partial charge in [-0.2, -0.15) is 13.2 Å². The zero-order valence-electron chi connectivity index (χ0n) is 21.3. The lowest BCUT2D eigenvalue weighted by Crippen LogP contribution is -2.48. The molecule has 0 unspecified atom stereocenters. The molecule has 0 aliphatic carbocycles. The van der Waals surface area contributed by atoms with Crippen LogP contribution in [0, 0.1) is 10.8 Å². The number of phenolic OH excluding ortho intramolecular Hbond substituents is 2. The van der Waals surface area contributed by atoms with E-state index in [0.717, 1.165) is 37.3 Å². The van der Waals surface area contributed by atoms with Crippen molar-refractivity contribution in [3.63, 3.8) is 0 Å². The zero-order chi connectivity index (χ0) is 27.8. The molecule has 0 atom stereocenters. The molecular weight excluding hydrogens is 543 g/mol. The number of thiol groups is 1. The Morgan fingerprint density at radius 3 is 2.10 bits per heavy atom. The molecule has 2 aromatic rings. The maximum Gasteiger partial charge on any atom is 0.405 e. The minimum Gasteiger partial charge on any atom is -0.508 e. The minimum absolute atomic E-state index is 0. The number of hydrogen-bond acceptors (Lipinski definition) is 8. The van der Waals surface area contributed by atoms with Crippen molar-refractivity contribution in [2.75, 3.05) is 37.7 Å². The van der Waals surface area contributed by atoms with Crippen molar-refractivity contribution in [3.05, 3.63) is 47.5 Å². The van der Waals surface area contributed by atoms with E-state index >= 15 is 0 Å². The maximum atomic E-state index is 12.5. The molecule has 1 aliphatic rings. The molecule has 1 heterocycles. The van der Waals surface area contributed by atoms with Crippen molar-refractivity contribution in [1.29, 1.82) is 10.8 Å². The van der Waals surface area contributed by atoms with E-state index in [0.29, 0.717) is 10.5 Å². The van der Waals surface area contributed by atoms with Crippen LogP contribution in [-0.4, -0.2) is 77.8 Å². The molecule has 1 saturated heterocycles. The summed E-state index contributed by atoms with van der Waals surface area (Å²) < 4.78 is 42.4. The van der Waals surface area contributed by atoms with Crippen molar-refractivity contribution < 1.29 is 43.9 Å². The molecule has 2 aromatic carbocycles. The Hall–Kier alpha value is -3.37. The Balaban J connectivity index is 0.00000159. The molecule has 0 bridgehead atoms. The van der Waals surface area contributed by atoms with Crippen LogP contribution >= 0.6 is 12.6 Å². The summed E-state index contributed by atoms with van der Waals surface area (Å²) in [6.45, 7) is 5.73. The van der Waals surface area contributed by atoms with Crippen LogP contribution in [-0.2, 0) is 9.53 Å². The van der Waals surface area contributed by atoms with E-state index in [1.165, 1.54) is 30.3 Å². The van der Waals surface area contributed by atoms with E-state index in [1.54, 1.807) is 19.2 Å². The maximum absolute atomic E-state index is 12.5. The summed E-state index contributed by atoms with van der Waals surface area (Å²) in [7, 11) is 0. The van der Waals surface area contributed by atoms with Crippen LogP contribution in [0.25, 0.3) is 0 Å². The Morgan fingerprint density at radius 2 is 1.67 bits per heavy atom. The smallest absolute Gasteiger partial charge is 0.405 e. The average Bonchev–Trinajstić information content (AvgIpc) is 2.84. The number of carbonyl (C=O) groups excluding carboxylic acids is 1. The largest absolute Gasteiger partial charge is 0.508 e. The van der Waals surface area contributed by atoms with E-state index < -0.39 is 36.0 Å². The van der Waals surface area contributed by atoms with E-state index in [4.69, 9.17) is 15.6 Å². The van der Waals surface area contributed by atoms with Gasteiger partial charge in [-0.05, 0) is 41.8 Å². The van der Waals surface area contributed by atoms with Crippen molar-refractivity contribution in [2.45, 2.75) is 30.8 Å². The molecule has 218 valence electrons. The molecule has 1 aliphatic heterocycles. The van der Waals surface area contributed by atoms with Gasteiger partial charge in [-0.15, -0.1) is 12.6 Å². The average molecular weight is 578 g/mol. The van der Waals surface area contributed by atoms with Gasteiger partial charge in [0.15, 0.2) is 5.84 Å². The number of nitrogens with zero attached hydrogens (tertiary/aromatic N) is 1. The Labute approximate surface area is 229 Å². The fourth-order valence-corrected chi connectivity index (χ4v) is 3.37. The lowest BCUT2D eigenvalue weighted by Gasteiger charge is -2.26. The van der Waals surface area contributed by atoms with Crippen LogP contribution in [0.2, 0.25) is 0 Å². The Morgan fingerprint density at radius 1 is 1.10 bits per heavy atom. The minimum atomic E-state index is -4.68. The molecule has 0 radical (unpaired) electrons. The standard InChI is InChI=1S/C20H21F3N4O3S.C4H9NO.2H2O/c1-10(2)13-7-14(16(29)8-15(13)28)17(24)27(11-3-5-12(31)6-4-11)18(25)19(30)26-9-20(21,22)23;1-3-6-4-2-5-1;;/h3-8,10,24-25,28-29,31H,9H2,1-2H3,(H,26,30);5H,1-4H2;2*1H2. The second kappa shape index (κ2) is 15.9. The first-order valence-corrected chi connectivity index (χ1v) is 11.7. The Kier molecular flexibility index (Phi) is 14.5. The number of halogens is 3. The molecule has 11 nitrogen and oxygen atoms in total. The van der Waals surface area contributed by atoms with Crippen molar-refractivity contribution in [1.82, 2.24) is 10.6 Å². The highest BCUT2D eigenvalue weighted by Gasteiger charge is 2.31. The van der Waals surface area contributed by atoms with Crippen LogP contribution in [0.3, 0.4) is 0 Å². The molecule has 1 amide bonds. The first-order valence-electron chi connectivity index (χ1n) is 11.3. The number of morpholine rings is 1. The summed E-state index contributed by atoms with van der Waals surface area (Å²) in [5.41, 5.74) is 0.398. The highest BCUT2D eigenvalue weighted by atomic mass is 32.1. The van der Waals surface area contributed by atoms with Crippen molar-refractivity contribution in [2.24, 2.45) is 0 Å². The fraction of sp³-hybridized carbons (Fsp3) is 0.375. The molecule has 0 spiro atoms. The van der Waals surface area contributed by atoms with Gasteiger partial charge in [0.05, 0.1) is 18.8 Å². The molecule has 15 heteroatoms. The van der Waals surface area contributed by atoms with E-state index in [1.807, 2.05) is 0 Å². The molecule has 1 fully saturated rings. The molecular formula is C24H34F3N5O6S. The molecule has 10 N–H and O–H groups in total. The third kappa shape index (κ3) is 10.7. The molecule has 0 aromatic heterocycles. The summed E-state index contributed by atoms with van der Waals surface area (Å²) in [4.78, 5) is 13.6. The predicted octanol–water partition coefficient (Wildman–Crippen LogP) is 1.95. The number of phenols is 2. The molecule has 3 rings (SSSR count). The molecule has 39 heavy (non-hydrogen) atoms. The van der Waals surface area contributed by atoms with Gasteiger partial charge in [0.25, 0.3) is 5.91 Å². The third-order valence-electron chi connectivity index (χ3n) is 5.09. The molecule has 0 saturated carbocycles. The van der Waals surface area contributed by atoms with Crippen molar-refractivity contribution in [3.8, 4) is 11.5 Å². The predicted molar refractivity (Wildman–Crippen MR) is 145 cm³/mol. The number of amidine groups is 2. The van der Waals surface area contributed by atoms with Gasteiger partial charge >= 0.3 is 6.18 Å². The number of amides is 1. The lowest BCUT2D eigenvalue weighted by molar-refractivity contribution is -0.134. The van der Waals surface area contributed by atoms with Gasteiger partial charge in [-0.1, -0.05) is 13.8 Å². The van der Waals surface area contributed by atoms with Gasteiger partial charge in [0.1, 0.15) is 23.9 Å². The van der Waals surface area contributed by atoms with Crippen LogP contribution in [0.5, 0.6) is 11.5 Å². The summed E-state index contributed by atoms with van der Waals surface area (Å²) in [5, 5.41) is 41.7. The fourth-order valence-electron chi connectivity index (χ4n) is 3.22. The van der Waals surface area contributed by atoms with Crippen LogP contribution in [0.4, 0.5) is 18.9 Å². The van der Waals surface area contributed by atoms with E-state index in [2.05, 4.69) is 17.9 Å². The second-order valence-electron chi connectivity index (χ2n) is 8.29. The van der Waals surface area contributed by atoms with E-state index in [-0.39, 0.29) is 33.9 Å². The number of anilines is 1. The summed E-state index contributed by atoms with van der Waals surface area (Å²) in [6, 6.07) is 8.22.